The van der Waals surface area contributed by atoms with Crippen LogP contribution in [-0.2, 0) is 0 Å². The average molecular weight is 263 g/mol. The van der Waals surface area contributed by atoms with Gasteiger partial charge >= 0.3 is 5.97 Å². The standard InChI is InChI=1S/C7H6INO2/c1-4-2-5(7(10)11)3-6(8)9-4/h2-3H,1H3,(H,10,11). The number of hydrogen-bond donors (Lipinski definition) is 1. The number of carboxylic acids is 1. The summed E-state index contributed by atoms with van der Waals surface area (Å²) in [7, 11) is 0. The van der Waals surface area contributed by atoms with Crippen LogP contribution in [0.25, 0.3) is 0 Å². The number of halogens is 1. The third-order valence-electron chi connectivity index (χ3n) is 1.17. The second-order valence-corrected chi connectivity index (χ2v) is 3.23. The number of aromatic carboxylic acids is 1. The molecule has 1 N–H and O–H groups in total. The van der Waals surface area contributed by atoms with Crippen molar-refractivity contribution in [3.8, 4) is 0 Å². The fraction of sp³-hybridized carbons (Fsp3) is 0.143. The molecule has 0 aliphatic carbocycles. The summed E-state index contributed by atoms with van der Waals surface area (Å²) >= 11 is 1.99. The molecule has 0 aromatic carbocycles. The topological polar surface area (TPSA) is 50.2 Å². The quantitative estimate of drug-likeness (QED) is 0.619. The summed E-state index contributed by atoms with van der Waals surface area (Å²) in [5.41, 5.74) is 1.02. The Hall–Kier alpha value is -0.650. The lowest BCUT2D eigenvalue weighted by Crippen LogP contribution is -1.99. The first-order valence-electron chi connectivity index (χ1n) is 2.97. The summed E-state index contributed by atoms with van der Waals surface area (Å²) in [6.45, 7) is 1.77. The zero-order chi connectivity index (χ0) is 8.43. The van der Waals surface area contributed by atoms with Crippen LogP contribution in [-0.4, -0.2) is 16.1 Å². The van der Waals surface area contributed by atoms with E-state index in [0.717, 1.165) is 5.69 Å². The summed E-state index contributed by atoms with van der Waals surface area (Å²) in [5, 5.41) is 8.60. The normalized spacial score (nSPS) is 9.64. The second-order valence-electron chi connectivity index (χ2n) is 2.13. The van der Waals surface area contributed by atoms with Crippen LogP contribution in [0.1, 0.15) is 16.1 Å². The Kier molecular flexibility index (Phi) is 2.43. The second kappa shape index (κ2) is 3.17. The van der Waals surface area contributed by atoms with Gasteiger partial charge in [-0.05, 0) is 41.6 Å². The zero-order valence-electron chi connectivity index (χ0n) is 5.84. The van der Waals surface area contributed by atoms with E-state index in [1.165, 1.54) is 6.07 Å². The van der Waals surface area contributed by atoms with Gasteiger partial charge in [0, 0.05) is 5.69 Å². The first-order valence-corrected chi connectivity index (χ1v) is 4.05. The number of nitrogens with zero attached hydrogens (tertiary/aromatic N) is 1. The molecular formula is C7H6INO2. The molecule has 0 saturated carbocycles. The minimum Gasteiger partial charge on any atom is -0.478 e. The predicted octanol–water partition coefficient (Wildman–Crippen LogP) is 1.69. The highest BCUT2D eigenvalue weighted by molar-refractivity contribution is 14.1. The smallest absolute Gasteiger partial charge is 0.335 e. The highest BCUT2D eigenvalue weighted by Gasteiger charge is 2.03. The summed E-state index contributed by atoms with van der Waals surface area (Å²) in [6, 6.07) is 3.08. The van der Waals surface area contributed by atoms with Crippen molar-refractivity contribution in [2.45, 2.75) is 6.92 Å². The lowest BCUT2D eigenvalue weighted by Gasteiger charge is -1.96. The van der Waals surface area contributed by atoms with E-state index in [1.54, 1.807) is 13.0 Å². The molecule has 58 valence electrons. The molecule has 0 aliphatic rings. The molecule has 4 heteroatoms. The Morgan fingerprint density at radius 2 is 2.27 bits per heavy atom. The van der Waals surface area contributed by atoms with Crippen molar-refractivity contribution in [1.82, 2.24) is 4.98 Å². The minimum atomic E-state index is -0.909. The predicted molar refractivity (Wildman–Crippen MR) is 48.7 cm³/mol. The molecule has 0 unspecified atom stereocenters. The zero-order valence-corrected chi connectivity index (χ0v) is 7.99. The van der Waals surface area contributed by atoms with Gasteiger partial charge in [0.2, 0.25) is 0 Å². The summed E-state index contributed by atoms with van der Waals surface area (Å²) in [5.74, 6) is -0.909. The monoisotopic (exact) mass is 263 g/mol. The van der Waals surface area contributed by atoms with Gasteiger partial charge in [0.25, 0.3) is 0 Å². The van der Waals surface area contributed by atoms with E-state index < -0.39 is 5.97 Å². The Morgan fingerprint density at radius 3 is 2.73 bits per heavy atom. The molecule has 0 saturated heterocycles. The maximum Gasteiger partial charge on any atom is 0.335 e. The number of rotatable bonds is 1. The Balaban J connectivity index is 3.19. The molecule has 1 rings (SSSR count). The number of carbonyl (C=O) groups is 1. The van der Waals surface area contributed by atoms with E-state index in [4.69, 9.17) is 5.11 Å². The molecule has 0 bridgehead atoms. The van der Waals surface area contributed by atoms with Crippen LogP contribution >= 0.6 is 22.6 Å². The molecule has 0 spiro atoms. The largest absolute Gasteiger partial charge is 0.478 e. The SMILES string of the molecule is Cc1cc(C(=O)O)cc(I)n1. The highest BCUT2D eigenvalue weighted by Crippen LogP contribution is 2.07. The van der Waals surface area contributed by atoms with Crippen molar-refractivity contribution in [1.29, 1.82) is 0 Å². The fourth-order valence-corrected chi connectivity index (χ4v) is 1.47. The van der Waals surface area contributed by atoms with Gasteiger partial charge < -0.3 is 5.11 Å². The highest BCUT2D eigenvalue weighted by atomic mass is 127. The number of aromatic nitrogens is 1. The maximum absolute atomic E-state index is 10.5. The van der Waals surface area contributed by atoms with Crippen LogP contribution in [0.2, 0.25) is 0 Å². The van der Waals surface area contributed by atoms with Gasteiger partial charge in [0.05, 0.1) is 5.56 Å². The van der Waals surface area contributed by atoms with Crippen molar-refractivity contribution in [3.05, 3.63) is 27.1 Å². The minimum absolute atomic E-state index is 0.293. The van der Waals surface area contributed by atoms with Crippen LogP contribution in [0.3, 0.4) is 0 Å². The fourth-order valence-electron chi connectivity index (χ4n) is 0.752. The summed E-state index contributed by atoms with van der Waals surface area (Å²) in [4.78, 5) is 14.5. The number of pyridine rings is 1. The van der Waals surface area contributed by atoms with Gasteiger partial charge in [-0.15, -0.1) is 0 Å². The van der Waals surface area contributed by atoms with Crippen LogP contribution in [0.4, 0.5) is 0 Å². The van der Waals surface area contributed by atoms with Crippen molar-refractivity contribution < 1.29 is 9.90 Å². The van der Waals surface area contributed by atoms with Gasteiger partial charge in [-0.25, -0.2) is 9.78 Å². The first-order chi connectivity index (χ1) is 5.09. The lowest BCUT2D eigenvalue weighted by molar-refractivity contribution is 0.0696. The lowest BCUT2D eigenvalue weighted by atomic mass is 10.2. The molecule has 11 heavy (non-hydrogen) atoms. The molecule has 0 atom stereocenters. The van der Waals surface area contributed by atoms with Gasteiger partial charge in [-0.2, -0.15) is 0 Å². The number of hydrogen-bond acceptors (Lipinski definition) is 2. The van der Waals surface area contributed by atoms with Crippen molar-refractivity contribution in [2.75, 3.05) is 0 Å². The molecule has 1 heterocycles. The third kappa shape index (κ3) is 2.14. The van der Waals surface area contributed by atoms with E-state index >= 15 is 0 Å². The van der Waals surface area contributed by atoms with Gasteiger partial charge in [-0.3, -0.25) is 0 Å². The summed E-state index contributed by atoms with van der Waals surface area (Å²) < 4.78 is 0.708. The van der Waals surface area contributed by atoms with E-state index in [2.05, 4.69) is 4.98 Å². The molecular weight excluding hydrogens is 257 g/mol. The summed E-state index contributed by atoms with van der Waals surface area (Å²) in [6.07, 6.45) is 0. The molecule has 0 fully saturated rings. The Labute approximate surface area is 77.6 Å². The Bertz CT molecular complexity index is 278. The van der Waals surface area contributed by atoms with Crippen molar-refractivity contribution in [3.63, 3.8) is 0 Å². The van der Waals surface area contributed by atoms with Crippen molar-refractivity contribution in [2.24, 2.45) is 0 Å². The number of aryl methyl sites for hydroxylation is 1. The first kappa shape index (κ1) is 8.45. The van der Waals surface area contributed by atoms with E-state index in [0.29, 0.717) is 9.26 Å². The van der Waals surface area contributed by atoms with Crippen LogP contribution < -0.4 is 0 Å². The van der Waals surface area contributed by atoms with E-state index in [9.17, 15) is 4.79 Å². The molecule has 1 aromatic heterocycles. The van der Waals surface area contributed by atoms with E-state index in [1.807, 2.05) is 22.6 Å². The van der Waals surface area contributed by atoms with Gasteiger partial charge in [0.1, 0.15) is 3.70 Å². The Morgan fingerprint density at radius 1 is 1.64 bits per heavy atom. The molecule has 3 nitrogen and oxygen atoms in total. The van der Waals surface area contributed by atoms with Crippen LogP contribution in [0.15, 0.2) is 12.1 Å². The molecule has 0 radical (unpaired) electrons. The number of carboxylic acid groups (broad SMARTS) is 1. The average Bonchev–Trinajstić information content (AvgIpc) is 1.85. The van der Waals surface area contributed by atoms with Gasteiger partial charge in [0.15, 0.2) is 0 Å². The molecule has 0 aliphatic heterocycles. The van der Waals surface area contributed by atoms with Gasteiger partial charge in [-0.1, -0.05) is 0 Å². The van der Waals surface area contributed by atoms with Crippen molar-refractivity contribution >= 4 is 28.6 Å². The third-order valence-corrected chi connectivity index (χ3v) is 1.72. The van der Waals surface area contributed by atoms with Crippen LogP contribution in [0.5, 0.6) is 0 Å². The van der Waals surface area contributed by atoms with E-state index in [-0.39, 0.29) is 0 Å². The molecule has 1 aromatic rings. The molecule has 0 amide bonds. The van der Waals surface area contributed by atoms with Crippen LogP contribution in [0, 0.1) is 10.6 Å². The maximum atomic E-state index is 10.5.